The first-order valence-corrected chi connectivity index (χ1v) is 11.0. The van der Waals surface area contributed by atoms with Gasteiger partial charge in [0.15, 0.2) is 0 Å². The highest BCUT2D eigenvalue weighted by Crippen LogP contribution is 2.31. The molecule has 0 radical (unpaired) electrons. The van der Waals surface area contributed by atoms with Crippen LogP contribution in [0.25, 0.3) is 0 Å². The summed E-state index contributed by atoms with van der Waals surface area (Å²) in [6.07, 6.45) is 5.94. The van der Waals surface area contributed by atoms with Gasteiger partial charge in [-0.1, -0.05) is 6.42 Å². The molecule has 7 heteroatoms. The molecular formula is C20H30N4O2S. The molecule has 3 aliphatic heterocycles. The van der Waals surface area contributed by atoms with Crippen LogP contribution in [-0.4, -0.2) is 53.5 Å². The number of thiophene rings is 1. The van der Waals surface area contributed by atoms with Crippen LogP contribution < -0.4 is 10.6 Å². The highest BCUT2D eigenvalue weighted by molar-refractivity contribution is 7.11. The molecule has 0 aromatic carbocycles. The zero-order valence-corrected chi connectivity index (χ0v) is 16.9. The predicted molar refractivity (Wildman–Crippen MR) is 107 cm³/mol. The molecule has 0 spiro atoms. The van der Waals surface area contributed by atoms with Crippen molar-refractivity contribution in [2.24, 2.45) is 5.92 Å². The molecule has 4 heterocycles. The second-order valence-corrected chi connectivity index (χ2v) is 9.62. The third-order valence-corrected chi connectivity index (χ3v) is 7.46. The van der Waals surface area contributed by atoms with E-state index in [9.17, 15) is 9.59 Å². The molecule has 3 amide bonds. The number of imide groups is 1. The number of carbonyl (C=O) groups is 2. The van der Waals surface area contributed by atoms with Gasteiger partial charge in [-0.25, -0.2) is 4.79 Å². The lowest BCUT2D eigenvalue weighted by Gasteiger charge is -2.38. The summed E-state index contributed by atoms with van der Waals surface area (Å²) in [5, 5.41) is 5.22. The first kappa shape index (κ1) is 18.9. The quantitative estimate of drug-likeness (QED) is 0.759. The fraction of sp³-hybridized carbons (Fsp3) is 0.700. The number of likely N-dealkylation sites (tertiary alicyclic amines) is 2. The summed E-state index contributed by atoms with van der Waals surface area (Å²) >= 11 is 1.94. The average Bonchev–Trinajstić information content (AvgIpc) is 3.20. The number of rotatable bonds is 5. The minimum absolute atomic E-state index is 0.174. The lowest BCUT2D eigenvalue weighted by atomic mass is 9.79. The Morgan fingerprint density at radius 1 is 1.00 bits per heavy atom. The number of nitrogens with one attached hydrogen (secondary N) is 2. The van der Waals surface area contributed by atoms with Crippen molar-refractivity contribution in [3.8, 4) is 0 Å². The molecule has 3 fully saturated rings. The fourth-order valence-corrected chi connectivity index (χ4v) is 5.77. The van der Waals surface area contributed by atoms with Gasteiger partial charge in [-0.3, -0.25) is 19.9 Å². The van der Waals surface area contributed by atoms with Crippen molar-refractivity contribution in [1.82, 2.24) is 20.4 Å². The van der Waals surface area contributed by atoms with Crippen LogP contribution in [0.5, 0.6) is 0 Å². The van der Waals surface area contributed by atoms with Gasteiger partial charge in [0.1, 0.15) is 5.54 Å². The van der Waals surface area contributed by atoms with Gasteiger partial charge in [0.25, 0.3) is 5.91 Å². The predicted octanol–water partition coefficient (Wildman–Crippen LogP) is 2.54. The minimum atomic E-state index is -0.742. The van der Waals surface area contributed by atoms with E-state index in [1.165, 1.54) is 42.1 Å². The van der Waals surface area contributed by atoms with Crippen LogP contribution >= 0.6 is 11.3 Å². The first-order chi connectivity index (χ1) is 13.0. The molecule has 1 aromatic rings. The van der Waals surface area contributed by atoms with Crippen molar-refractivity contribution in [2.75, 3.05) is 26.2 Å². The topological polar surface area (TPSA) is 64.7 Å². The first-order valence-electron chi connectivity index (χ1n) is 10.2. The second kappa shape index (κ2) is 7.89. The Labute approximate surface area is 165 Å². The van der Waals surface area contributed by atoms with Gasteiger partial charge in [-0.05, 0) is 76.8 Å². The molecule has 4 rings (SSSR count). The Balaban J connectivity index is 1.27. The van der Waals surface area contributed by atoms with Crippen molar-refractivity contribution in [3.63, 3.8) is 0 Å². The molecule has 3 aliphatic rings. The fourth-order valence-electron chi connectivity index (χ4n) is 4.66. The molecule has 0 bridgehead atoms. The van der Waals surface area contributed by atoms with E-state index < -0.39 is 5.54 Å². The second-order valence-electron chi connectivity index (χ2n) is 8.37. The molecule has 27 heavy (non-hydrogen) atoms. The van der Waals surface area contributed by atoms with Gasteiger partial charge in [-0.2, -0.15) is 0 Å². The number of urea groups is 1. The normalized spacial score (nSPS) is 28.3. The largest absolute Gasteiger partial charge is 0.323 e. The number of hydrogen-bond acceptors (Lipinski definition) is 5. The molecule has 2 N–H and O–H groups in total. The van der Waals surface area contributed by atoms with E-state index >= 15 is 0 Å². The molecule has 1 aromatic heterocycles. The summed E-state index contributed by atoms with van der Waals surface area (Å²) in [5.41, 5.74) is -0.742. The summed E-state index contributed by atoms with van der Waals surface area (Å²) in [5.74, 6) is 0.0322. The number of amides is 3. The van der Waals surface area contributed by atoms with Crippen molar-refractivity contribution in [3.05, 3.63) is 21.9 Å². The smallest absolute Gasteiger partial charge is 0.322 e. The summed E-state index contributed by atoms with van der Waals surface area (Å²) in [7, 11) is 0. The molecule has 3 saturated heterocycles. The van der Waals surface area contributed by atoms with Crippen LogP contribution in [-0.2, 0) is 17.9 Å². The van der Waals surface area contributed by atoms with Crippen molar-refractivity contribution in [2.45, 2.75) is 57.7 Å². The number of hydrogen-bond donors (Lipinski definition) is 2. The van der Waals surface area contributed by atoms with Crippen LogP contribution in [0.2, 0.25) is 0 Å². The van der Waals surface area contributed by atoms with E-state index in [1.54, 1.807) is 0 Å². The Kier molecular flexibility index (Phi) is 5.53. The van der Waals surface area contributed by atoms with Gasteiger partial charge in [0, 0.05) is 22.8 Å². The standard InChI is InChI=1S/C20H30N4O2S/c1-20(18(25)21-19(26)22-20)15-7-11-24(12-8-15)14-17-6-5-16(27-17)13-23-9-3-2-4-10-23/h5-6,15H,2-4,7-14H2,1H3,(H2,21,22,25,26). The number of carbonyl (C=O) groups excluding carboxylic acids is 2. The molecule has 1 unspecified atom stereocenters. The van der Waals surface area contributed by atoms with Crippen molar-refractivity contribution < 1.29 is 9.59 Å². The van der Waals surface area contributed by atoms with Crippen LogP contribution in [0.4, 0.5) is 4.79 Å². The van der Waals surface area contributed by atoms with Gasteiger partial charge < -0.3 is 5.32 Å². The maximum Gasteiger partial charge on any atom is 0.322 e. The van der Waals surface area contributed by atoms with Crippen molar-refractivity contribution in [1.29, 1.82) is 0 Å². The number of nitrogens with zero attached hydrogens (tertiary/aromatic N) is 2. The van der Waals surface area contributed by atoms with Crippen molar-refractivity contribution >= 4 is 23.3 Å². The molecule has 1 atom stereocenters. The van der Waals surface area contributed by atoms with Crippen LogP contribution in [0, 0.1) is 5.92 Å². The minimum Gasteiger partial charge on any atom is -0.323 e. The third-order valence-electron chi connectivity index (χ3n) is 6.40. The Morgan fingerprint density at radius 2 is 1.59 bits per heavy atom. The van der Waals surface area contributed by atoms with E-state index in [1.807, 2.05) is 18.3 Å². The van der Waals surface area contributed by atoms with E-state index in [4.69, 9.17) is 0 Å². The van der Waals surface area contributed by atoms with Gasteiger partial charge in [0.05, 0.1) is 0 Å². The lowest BCUT2D eigenvalue weighted by molar-refractivity contribution is -0.125. The molecule has 148 valence electrons. The van der Waals surface area contributed by atoms with Crippen LogP contribution in [0.3, 0.4) is 0 Å². The average molecular weight is 391 g/mol. The number of piperidine rings is 2. The summed E-state index contributed by atoms with van der Waals surface area (Å²) in [6.45, 7) is 8.38. The van der Waals surface area contributed by atoms with E-state index in [-0.39, 0.29) is 17.9 Å². The van der Waals surface area contributed by atoms with Gasteiger partial charge in [0.2, 0.25) is 0 Å². The maximum atomic E-state index is 12.1. The monoisotopic (exact) mass is 390 g/mol. The molecular weight excluding hydrogens is 360 g/mol. The summed E-state index contributed by atoms with van der Waals surface area (Å²) in [6, 6.07) is 4.22. The lowest BCUT2D eigenvalue weighted by Crippen LogP contribution is -2.53. The zero-order valence-electron chi connectivity index (χ0n) is 16.1. The SMILES string of the molecule is CC1(C2CCN(Cc3ccc(CN4CCCCC4)s3)CC2)NC(=O)NC1=O. The summed E-state index contributed by atoms with van der Waals surface area (Å²) in [4.78, 5) is 31.6. The van der Waals surface area contributed by atoms with Crippen LogP contribution in [0.15, 0.2) is 12.1 Å². The van der Waals surface area contributed by atoms with Gasteiger partial charge in [-0.15, -0.1) is 11.3 Å². The highest BCUT2D eigenvalue weighted by atomic mass is 32.1. The van der Waals surface area contributed by atoms with E-state index in [0.717, 1.165) is 39.0 Å². The Morgan fingerprint density at radius 3 is 2.15 bits per heavy atom. The highest BCUT2D eigenvalue weighted by Gasteiger charge is 2.48. The molecule has 0 aliphatic carbocycles. The van der Waals surface area contributed by atoms with Crippen LogP contribution in [0.1, 0.15) is 48.8 Å². The van der Waals surface area contributed by atoms with Gasteiger partial charge >= 0.3 is 6.03 Å². The Bertz CT molecular complexity index is 692. The maximum absolute atomic E-state index is 12.1. The molecule has 0 saturated carbocycles. The zero-order chi connectivity index (χ0) is 18.9. The summed E-state index contributed by atoms with van der Waals surface area (Å²) < 4.78 is 0. The van der Waals surface area contributed by atoms with E-state index in [2.05, 4.69) is 32.6 Å². The Hall–Kier alpha value is -1.44. The molecule has 6 nitrogen and oxygen atoms in total. The third kappa shape index (κ3) is 4.20. The van der Waals surface area contributed by atoms with E-state index in [0.29, 0.717) is 0 Å².